The maximum atomic E-state index is 13.3. The molecule has 19 heavy (non-hydrogen) atoms. The predicted octanol–water partition coefficient (Wildman–Crippen LogP) is 2.46. The Balaban J connectivity index is 2.46. The largest absolute Gasteiger partial charge is 0.213 e. The highest BCUT2D eigenvalue weighted by atomic mass is 32.2. The van der Waals surface area contributed by atoms with Crippen LogP contribution in [0.3, 0.4) is 0 Å². The highest BCUT2D eigenvalue weighted by Gasteiger charge is 2.18. The molecule has 2 aromatic carbocycles. The van der Waals surface area contributed by atoms with Gasteiger partial charge in [0, 0.05) is 0 Å². The first kappa shape index (κ1) is 13.7. The van der Waals surface area contributed by atoms with Crippen molar-refractivity contribution in [1.82, 2.24) is 4.72 Å². The van der Waals surface area contributed by atoms with E-state index >= 15 is 0 Å². The smallest absolute Gasteiger partial charge is 0.209 e. The van der Waals surface area contributed by atoms with E-state index < -0.39 is 21.9 Å². The Morgan fingerprint density at radius 1 is 1.00 bits per heavy atom. The zero-order valence-electron chi connectivity index (χ0n) is 10.4. The molecule has 0 radical (unpaired) electrons. The summed E-state index contributed by atoms with van der Waals surface area (Å²) in [5, 5.41) is 0. The van der Waals surface area contributed by atoms with E-state index in [1.54, 1.807) is 24.3 Å². The van der Waals surface area contributed by atoms with Crippen LogP contribution in [0, 0.1) is 5.82 Å². The molecule has 0 fully saturated rings. The van der Waals surface area contributed by atoms with Crippen molar-refractivity contribution in [3.63, 3.8) is 0 Å². The lowest BCUT2D eigenvalue weighted by Gasteiger charge is -2.18. The molecule has 2 rings (SSSR count). The van der Waals surface area contributed by atoms with Gasteiger partial charge in [0.05, 0.1) is 12.3 Å². The fourth-order valence-electron chi connectivity index (χ4n) is 1.87. The lowest BCUT2D eigenvalue weighted by atomic mass is 10.00. The Hall–Kier alpha value is -1.72. The molecule has 0 spiro atoms. The van der Waals surface area contributed by atoms with Gasteiger partial charge in [0.25, 0.3) is 0 Å². The average Bonchev–Trinajstić information content (AvgIpc) is 2.36. The van der Waals surface area contributed by atoms with Crippen LogP contribution in [0.2, 0.25) is 0 Å². The van der Waals surface area contributed by atoms with Crippen LogP contribution in [0.5, 0.6) is 0 Å². The van der Waals surface area contributed by atoms with E-state index in [4.69, 9.17) is 0 Å². The van der Waals surface area contributed by atoms with Gasteiger partial charge in [-0.15, -0.1) is 0 Å². The maximum Gasteiger partial charge on any atom is 0.209 e. The lowest BCUT2D eigenvalue weighted by Crippen LogP contribution is -2.28. The van der Waals surface area contributed by atoms with Crippen LogP contribution in [0.4, 0.5) is 4.39 Å². The van der Waals surface area contributed by atoms with Crippen LogP contribution in [-0.2, 0) is 10.0 Å². The third-order valence-electron chi connectivity index (χ3n) is 2.65. The molecule has 0 heterocycles. The van der Waals surface area contributed by atoms with E-state index in [0.29, 0.717) is 5.56 Å². The first-order valence-corrected chi connectivity index (χ1v) is 7.62. The number of hydrogen-bond acceptors (Lipinski definition) is 2. The van der Waals surface area contributed by atoms with Crippen LogP contribution in [-0.4, -0.2) is 14.7 Å². The summed E-state index contributed by atoms with van der Waals surface area (Å²) in [5.74, 6) is -0.395. The van der Waals surface area contributed by atoms with E-state index in [1.165, 1.54) is 12.1 Å². The molecule has 3 nitrogen and oxygen atoms in total. The third-order valence-corrected chi connectivity index (χ3v) is 3.31. The first-order chi connectivity index (χ1) is 8.96. The van der Waals surface area contributed by atoms with Gasteiger partial charge in [-0.05, 0) is 23.3 Å². The summed E-state index contributed by atoms with van der Waals surface area (Å²) in [6.45, 7) is 0. The molecule has 5 heteroatoms. The van der Waals surface area contributed by atoms with Gasteiger partial charge in [-0.1, -0.05) is 42.5 Å². The van der Waals surface area contributed by atoms with Crippen LogP contribution in [0.1, 0.15) is 17.2 Å². The molecule has 0 amide bonds. The number of sulfonamides is 1. The third kappa shape index (κ3) is 3.87. The number of nitrogens with one attached hydrogen (secondary N) is 1. The van der Waals surface area contributed by atoms with Crippen molar-refractivity contribution in [1.29, 1.82) is 0 Å². The molecular weight excluding hydrogens is 265 g/mol. The highest BCUT2D eigenvalue weighted by molar-refractivity contribution is 7.88. The maximum absolute atomic E-state index is 13.3. The molecule has 0 aliphatic heterocycles. The fourth-order valence-corrected chi connectivity index (χ4v) is 2.57. The second-order valence-electron chi connectivity index (χ2n) is 4.29. The van der Waals surface area contributed by atoms with Crippen molar-refractivity contribution in [3.05, 3.63) is 71.5 Å². The Morgan fingerprint density at radius 2 is 1.63 bits per heavy atom. The van der Waals surface area contributed by atoms with E-state index in [2.05, 4.69) is 4.72 Å². The summed E-state index contributed by atoms with van der Waals surface area (Å²) in [7, 11) is -3.40. The molecule has 0 aliphatic carbocycles. The minimum Gasteiger partial charge on any atom is -0.213 e. The zero-order chi connectivity index (χ0) is 13.9. The number of hydrogen-bond donors (Lipinski definition) is 1. The van der Waals surface area contributed by atoms with Crippen molar-refractivity contribution in [3.8, 4) is 0 Å². The van der Waals surface area contributed by atoms with Gasteiger partial charge in [0.1, 0.15) is 5.82 Å². The summed E-state index contributed by atoms with van der Waals surface area (Å²) in [5.41, 5.74) is 1.33. The topological polar surface area (TPSA) is 46.2 Å². The quantitative estimate of drug-likeness (QED) is 0.934. The summed E-state index contributed by atoms with van der Waals surface area (Å²) >= 11 is 0. The van der Waals surface area contributed by atoms with Crippen LogP contribution in [0.15, 0.2) is 54.6 Å². The van der Waals surface area contributed by atoms with Gasteiger partial charge < -0.3 is 0 Å². The number of benzene rings is 2. The van der Waals surface area contributed by atoms with Gasteiger partial charge in [-0.2, -0.15) is 0 Å². The number of rotatable bonds is 4. The predicted molar refractivity (Wildman–Crippen MR) is 72.7 cm³/mol. The van der Waals surface area contributed by atoms with Gasteiger partial charge in [-0.3, -0.25) is 0 Å². The zero-order valence-corrected chi connectivity index (χ0v) is 11.2. The first-order valence-electron chi connectivity index (χ1n) is 5.73. The summed E-state index contributed by atoms with van der Waals surface area (Å²) in [6, 6.07) is 14.4. The van der Waals surface area contributed by atoms with Gasteiger partial charge in [0.2, 0.25) is 10.0 Å². The van der Waals surface area contributed by atoms with Crippen molar-refractivity contribution in [2.75, 3.05) is 6.26 Å². The molecule has 1 atom stereocenters. The molecule has 1 N–H and O–H groups in total. The molecule has 0 saturated heterocycles. The second-order valence-corrected chi connectivity index (χ2v) is 6.07. The SMILES string of the molecule is CS(=O)(=O)NC(c1ccccc1)c1cccc(F)c1. The van der Waals surface area contributed by atoms with E-state index in [-0.39, 0.29) is 0 Å². The normalized spacial score (nSPS) is 13.2. The molecule has 0 saturated carbocycles. The molecule has 1 unspecified atom stereocenters. The van der Waals surface area contributed by atoms with Crippen LogP contribution >= 0.6 is 0 Å². The monoisotopic (exact) mass is 279 g/mol. The molecule has 0 bridgehead atoms. The number of halogens is 1. The molecular formula is C14H14FNO2S. The van der Waals surface area contributed by atoms with Crippen molar-refractivity contribution in [2.45, 2.75) is 6.04 Å². The van der Waals surface area contributed by atoms with E-state index in [0.717, 1.165) is 11.8 Å². The fraction of sp³-hybridized carbons (Fsp3) is 0.143. The van der Waals surface area contributed by atoms with E-state index in [9.17, 15) is 12.8 Å². The Morgan fingerprint density at radius 3 is 2.21 bits per heavy atom. The highest BCUT2D eigenvalue weighted by Crippen LogP contribution is 2.23. The second kappa shape index (κ2) is 5.50. The standard InChI is InChI=1S/C14H14FNO2S/c1-19(17,18)16-14(11-6-3-2-4-7-11)12-8-5-9-13(15)10-12/h2-10,14,16H,1H3. The van der Waals surface area contributed by atoms with Crippen molar-refractivity contribution in [2.24, 2.45) is 0 Å². The molecule has 0 aliphatic rings. The minimum absolute atomic E-state index is 0.395. The Labute approximate surface area is 112 Å². The Kier molecular flexibility index (Phi) is 3.97. The molecule has 0 aromatic heterocycles. The minimum atomic E-state index is -3.40. The Bertz CT molecular complexity index is 656. The lowest BCUT2D eigenvalue weighted by molar-refractivity contribution is 0.576. The van der Waals surface area contributed by atoms with E-state index in [1.807, 2.05) is 18.2 Å². The van der Waals surface area contributed by atoms with Crippen molar-refractivity contribution >= 4 is 10.0 Å². The van der Waals surface area contributed by atoms with Gasteiger partial charge >= 0.3 is 0 Å². The molecule has 2 aromatic rings. The summed E-state index contributed by atoms with van der Waals surface area (Å²) < 4.78 is 38.8. The van der Waals surface area contributed by atoms with Crippen LogP contribution < -0.4 is 4.72 Å². The van der Waals surface area contributed by atoms with Crippen LogP contribution in [0.25, 0.3) is 0 Å². The average molecular weight is 279 g/mol. The van der Waals surface area contributed by atoms with Gasteiger partial charge in [0.15, 0.2) is 0 Å². The summed E-state index contributed by atoms with van der Waals surface area (Å²) in [4.78, 5) is 0. The van der Waals surface area contributed by atoms with Crippen molar-refractivity contribution < 1.29 is 12.8 Å². The summed E-state index contributed by atoms with van der Waals surface area (Å²) in [6.07, 6.45) is 1.09. The molecule has 100 valence electrons. The van der Waals surface area contributed by atoms with Gasteiger partial charge in [-0.25, -0.2) is 17.5 Å².